The normalized spacial score (nSPS) is 14.9. The maximum Gasteiger partial charge on any atom is 0.293 e. The van der Waals surface area contributed by atoms with Gasteiger partial charge in [-0.15, -0.1) is 0 Å². The number of Topliss-reactive ketones (excluding diaryl/α,β-unsaturated/α-hetero) is 1. The van der Waals surface area contributed by atoms with E-state index in [1.165, 1.54) is 18.1 Å². The quantitative estimate of drug-likeness (QED) is 0.739. The van der Waals surface area contributed by atoms with Crippen molar-refractivity contribution in [1.29, 1.82) is 0 Å². The van der Waals surface area contributed by atoms with Crippen LogP contribution in [0, 0.1) is 0 Å². The van der Waals surface area contributed by atoms with Crippen LogP contribution in [0.25, 0.3) is 0 Å². The molecule has 0 radical (unpaired) electrons. The van der Waals surface area contributed by atoms with Crippen LogP contribution < -0.4 is 0 Å². The van der Waals surface area contributed by atoms with Crippen molar-refractivity contribution in [2.75, 3.05) is 0 Å². The Labute approximate surface area is 98.7 Å². The molecule has 0 N–H and O–H groups in total. The molecule has 0 bridgehead atoms. The Hall–Kier alpha value is -1.97. The predicted octanol–water partition coefficient (Wildman–Crippen LogP) is 2.15. The summed E-state index contributed by atoms with van der Waals surface area (Å²) in [6.45, 7) is 1.43. The predicted molar refractivity (Wildman–Crippen MR) is 60.9 cm³/mol. The van der Waals surface area contributed by atoms with E-state index >= 15 is 0 Å². The molecular weight excluding hydrogens is 216 g/mol. The van der Waals surface area contributed by atoms with E-state index in [9.17, 15) is 4.79 Å². The second kappa shape index (κ2) is 3.80. The monoisotopic (exact) mass is 228 g/mol. The van der Waals surface area contributed by atoms with Crippen LogP contribution in [0.2, 0.25) is 0 Å². The number of hydrogen-bond acceptors (Lipinski definition) is 4. The third kappa shape index (κ3) is 1.75. The smallest absolute Gasteiger partial charge is 0.293 e. The van der Waals surface area contributed by atoms with E-state index in [4.69, 9.17) is 4.52 Å². The van der Waals surface area contributed by atoms with Crippen molar-refractivity contribution >= 4 is 5.78 Å². The molecule has 1 aliphatic rings. The Morgan fingerprint density at radius 3 is 2.47 bits per heavy atom. The van der Waals surface area contributed by atoms with E-state index in [0.29, 0.717) is 5.82 Å². The van der Waals surface area contributed by atoms with Gasteiger partial charge in [0.05, 0.1) is 0 Å². The summed E-state index contributed by atoms with van der Waals surface area (Å²) in [6.07, 6.45) is 1.85. The number of carbonyl (C=O) groups is 1. The van der Waals surface area contributed by atoms with Crippen LogP contribution in [0.1, 0.15) is 40.5 Å². The fourth-order valence-corrected chi connectivity index (χ4v) is 2.29. The van der Waals surface area contributed by atoms with E-state index in [2.05, 4.69) is 22.3 Å². The van der Waals surface area contributed by atoms with E-state index in [1.54, 1.807) is 0 Å². The van der Waals surface area contributed by atoms with E-state index in [0.717, 1.165) is 12.8 Å². The molecular formula is C13H12N2O2. The number of carbonyl (C=O) groups excluding carboxylic acids is 1. The van der Waals surface area contributed by atoms with Gasteiger partial charge in [0.2, 0.25) is 5.78 Å². The fraction of sp³-hybridized carbons (Fsp3) is 0.308. The zero-order chi connectivity index (χ0) is 11.8. The molecule has 0 saturated heterocycles. The molecule has 4 heteroatoms. The first-order valence-corrected chi connectivity index (χ1v) is 5.65. The molecule has 1 aromatic heterocycles. The van der Waals surface area contributed by atoms with Gasteiger partial charge in [-0.3, -0.25) is 4.79 Å². The number of ketones is 1. The molecule has 3 rings (SSSR count). The lowest BCUT2D eigenvalue weighted by Gasteiger charge is -2.00. The standard InChI is InChI=1S/C13H12N2O2/c1-8(16)13-14-12(15-17-13)11-6-9-4-2-3-5-10(9)7-11/h2-5,11H,6-7H2,1H3. The van der Waals surface area contributed by atoms with E-state index in [-0.39, 0.29) is 17.6 Å². The highest BCUT2D eigenvalue weighted by Crippen LogP contribution is 2.32. The van der Waals surface area contributed by atoms with Gasteiger partial charge in [-0.25, -0.2) is 0 Å². The van der Waals surface area contributed by atoms with E-state index < -0.39 is 0 Å². The molecule has 0 aliphatic heterocycles. The van der Waals surface area contributed by atoms with Crippen LogP contribution in [-0.2, 0) is 12.8 Å². The van der Waals surface area contributed by atoms with E-state index in [1.807, 2.05) is 12.1 Å². The average molecular weight is 228 g/mol. The lowest BCUT2D eigenvalue weighted by atomic mass is 10.1. The summed E-state index contributed by atoms with van der Waals surface area (Å²) in [5.74, 6) is 0.811. The molecule has 1 heterocycles. The van der Waals surface area contributed by atoms with Gasteiger partial charge in [-0.05, 0) is 24.0 Å². The third-order valence-electron chi connectivity index (χ3n) is 3.16. The Kier molecular flexibility index (Phi) is 2.28. The zero-order valence-electron chi connectivity index (χ0n) is 9.51. The SMILES string of the molecule is CC(=O)c1nc(C2Cc3ccccc3C2)no1. The topological polar surface area (TPSA) is 56.0 Å². The number of benzene rings is 1. The van der Waals surface area contributed by atoms with Crippen LogP contribution in [0.4, 0.5) is 0 Å². The first kappa shape index (κ1) is 10.2. The lowest BCUT2D eigenvalue weighted by Crippen LogP contribution is -2.01. The number of fused-ring (bicyclic) bond motifs is 1. The largest absolute Gasteiger partial charge is 0.331 e. The molecule has 1 aliphatic carbocycles. The van der Waals surface area contributed by atoms with Gasteiger partial charge in [0.25, 0.3) is 5.89 Å². The molecule has 0 atom stereocenters. The van der Waals surface area contributed by atoms with Crippen LogP contribution in [0.3, 0.4) is 0 Å². The van der Waals surface area contributed by atoms with Crippen molar-refractivity contribution in [2.24, 2.45) is 0 Å². The van der Waals surface area contributed by atoms with Crippen molar-refractivity contribution in [3.05, 3.63) is 47.1 Å². The van der Waals surface area contributed by atoms with Crippen molar-refractivity contribution in [3.63, 3.8) is 0 Å². The van der Waals surface area contributed by atoms with Gasteiger partial charge in [-0.1, -0.05) is 29.4 Å². The highest BCUT2D eigenvalue weighted by atomic mass is 16.5. The lowest BCUT2D eigenvalue weighted by molar-refractivity contribution is 0.0972. The summed E-state index contributed by atoms with van der Waals surface area (Å²) in [4.78, 5) is 15.2. The van der Waals surface area contributed by atoms with Crippen molar-refractivity contribution in [2.45, 2.75) is 25.7 Å². The zero-order valence-corrected chi connectivity index (χ0v) is 9.51. The van der Waals surface area contributed by atoms with Gasteiger partial charge < -0.3 is 4.52 Å². The van der Waals surface area contributed by atoms with Gasteiger partial charge >= 0.3 is 0 Å². The maximum absolute atomic E-state index is 11.1. The minimum Gasteiger partial charge on any atom is -0.331 e. The average Bonchev–Trinajstić information content (AvgIpc) is 2.95. The highest BCUT2D eigenvalue weighted by molar-refractivity contribution is 5.89. The van der Waals surface area contributed by atoms with Crippen LogP contribution in [0.15, 0.2) is 28.8 Å². The first-order valence-electron chi connectivity index (χ1n) is 5.65. The fourth-order valence-electron chi connectivity index (χ4n) is 2.29. The Bertz CT molecular complexity index is 549. The van der Waals surface area contributed by atoms with Crippen LogP contribution in [0.5, 0.6) is 0 Å². The second-order valence-corrected chi connectivity index (χ2v) is 4.39. The second-order valence-electron chi connectivity index (χ2n) is 4.39. The molecule has 0 fully saturated rings. The number of aromatic nitrogens is 2. The molecule has 0 unspecified atom stereocenters. The number of nitrogens with zero attached hydrogens (tertiary/aromatic N) is 2. The summed E-state index contributed by atoms with van der Waals surface area (Å²) in [6, 6.07) is 8.33. The molecule has 1 aromatic carbocycles. The van der Waals surface area contributed by atoms with Crippen molar-refractivity contribution in [3.8, 4) is 0 Å². The van der Waals surface area contributed by atoms with Crippen LogP contribution >= 0.6 is 0 Å². The summed E-state index contributed by atoms with van der Waals surface area (Å²) in [5.41, 5.74) is 2.68. The van der Waals surface area contributed by atoms with Gasteiger partial charge in [0.1, 0.15) is 0 Å². The molecule has 0 saturated carbocycles. The first-order chi connectivity index (χ1) is 8.24. The summed E-state index contributed by atoms with van der Waals surface area (Å²) < 4.78 is 4.93. The Morgan fingerprint density at radius 2 is 1.94 bits per heavy atom. The van der Waals surface area contributed by atoms with Gasteiger partial charge in [0.15, 0.2) is 5.82 Å². The van der Waals surface area contributed by atoms with Gasteiger partial charge in [0, 0.05) is 12.8 Å². The minimum atomic E-state index is -0.181. The molecule has 0 spiro atoms. The molecule has 86 valence electrons. The molecule has 17 heavy (non-hydrogen) atoms. The van der Waals surface area contributed by atoms with Crippen LogP contribution in [-0.4, -0.2) is 15.9 Å². The summed E-state index contributed by atoms with van der Waals surface area (Å²) in [5, 5.41) is 3.90. The summed E-state index contributed by atoms with van der Waals surface area (Å²) in [7, 11) is 0. The summed E-state index contributed by atoms with van der Waals surface area (Å²) >= 11 is 0. The maximum atomic E-state index is 11.1. The van der Waals surface area contributed by atoms with Crippen molar-refractivity contribution in [1.82, 2.24) is 10.1 Å². The molecule has 4 nitrogen and oxygen atoms in total. The number of hydrogen-bond donors (Lipinski definition) is 0. The number of rotatable bonds is 2. The van der Waals surface area contributed by atoms with Crippen molar-refractivity contribution < 1.29 is 9.32 Å². The van der Waals surface area contributed by atoms with Gasteiger partial charge in [-0.2, -0.15) is 4.98 Å². The highest BCUT2D eigenvalue weighted by Gasteiger charge is 2.27. The third-order valence-corrected chi connectivity index (χ3v) is 3.16. The Balaban J connectivity index is 1.86. The molecule has 0 amide bonds. The minimum absolute atomic E-state index is 0.107. The Morgan fingerprint density at radius 1 is 1.29 bits per heavy atom. The molecule has 2 aromatic rings.